The number of nitro benzene ring substituents is 1. The number of carbonyl (C=O) groups excluding carboxylic acids is 3. The van der Waals surface area contributed by atoms with E-state index in [1.165, 1.54) is 18.2 Å². The molecule has 0 spiro atoms. The lowest BCUT2D eigenvalue weighted by Crippen LogP contribution is -2.27. The Morgan fingerprint density at radius 3 is 2.52 bits per heavy atom. The molecule has 1 saturated heterocycles. The van der Waals surface area contributed by atoms with Crippen molar-refractivity contribution in [2.24, 2.45) is 0 Å². The smallest absolute Gasteiger partial charge is 0.293 e. The summed E-state index contributed by atoms with van der Waals surface area (Å²) < 4.78 is 11.4. The maximum atomic E-state index is 13.0. The zero-order valence-corrected chi connectivity index (χ0v) is 22.9. The molecule has 1 aliphatic rings. The Balaban J connectivity index is 1.46. The minimum Gasteiger partial charge on any atom is -0.490 e. The van der Waals surface area contributed by atoms with E-state index in [9.17, 15) is 24.5 Å². The molecule has 3 amide bonds. The summed E-state index contributed by atoms with van der Waals surface area (Å²) >= 11 is 0.754. The van der Waals surface area contributed by atoms with E-state index in [1.54, 1.807) is 37.3 Å². The van der Waals surface area contributed by atoms with Crippen LogP contribution < -0.4 is 14.8 Å². The number of carbonyl (C=O) groups is 3. The fourth-order valence-corrected chi connectivity index (χ4v) is 4.78. The van der Waals surface area contributed by atoms with Crippen molar-refractivity contribution in [3.8, 4) is 11.5 Å². The lowest BCUT2D eigenvalue weighted by molar-refractivity contribution is -0.385. The third-order valence-corrected chi connectivity index (χ3v) is 7.01. The van der Waals surface area contributed by atoms with Crippen molar-refractivity contribution in [3.05, 3.63) is 97.9 Å². The molecule has 1 N–H and O–H groups in total. The first kappa shape index (κ1) is 28.4. The number of ether oxygens (including phenoxy) is 2. The zero-order valence-electron chi connectivity index (χ0n) is 22.1. The number of amides is 3. The molecule has 4 rings (SSSR count). The summed E-state index contributed by atoms with van der Waals surface area (Å²) in [7, 11) is 0. The normalized spacial score (nSPS) is 14.0. The number of rotatable bonds is 10. The molecule has 0 aromatic heterocycles. The van der Waals surface area contributed by atoms with Gasteiger partial charge in [-0.3, -0.25) is 29.4 Å². The SMILES string of the molecule is CCOc1cc(/C=C2/SC(=O)N(Cc3ccccc3[N+](=O)[O-])C2=O)ccc1OCC(=O)Nc1ccc(C)c(C)c1. The van der Waals surface area contributed by atoms with Crippen LogP contribution in [0.15, 0.2) is 65.6 Å². The summed E-state index contributed by atoms with van der Waals surface area (Å²) in [6.45, 7) is 5.65. The van der Waals surface area contributed by atoms with Crippen molar-refractivity contribution in [1.82, 2.24) is 4.90 Å². The van der Waals surface area contributed by atoms with Crippen molar-refractivity contribution in [2.75, 3.05) is 18.5 Å². The fraction of sp³-hybridized carbons (Fsp3) is 0.207. The molecule has 3 aromatic carbocycles. The van der Waals surface area contributed by atoms with Gasteiger partial charge in [0.1, 0.15) is 0 Å². The Morgan fingerprint density at radius 1 is 1.02 bits per heavy atom. The first-order valence-corrected chi connectivity index (χ1v) is 13.2. The molecule has 206 valence electrons. The quantitative estimate of drug-likeness (QED) is 0.185. The van der Waals surface area contributed by atoms with Crippen LogP contribution in [0, 0.1) is 24.0 Å². The van der Waals surface area contributed by atoms with Gasteiger partial charge in [-0.2, -0.15) is 0 Å². The molecular weight excluding hydrogens is 534 g/mol. The van der Waals surface area contributed by atoms with Crippen LogP contribution in [0.3, 0.4) is 0 Å². The molecule has 10 nitrogen and oxygen atoms in total. The number of nitrogens with zero attached hydrogens (tertiary/aromatic N) is 2. The van der Waals surface area contributed by atoms with E-state index in [1.807, 2.05) is 32.0 Å². The zero-order chi connectivity index (χ0) is 28.8. The topological polar surface area (TPSA) is 128 Å². The van der Waals surface area contributed by atoms with Crippen LogP contribution in [0.25, 0.3) is 6.08 Å². The second-order valence-corrected chi connectivity index (χ2v) is 9.92. The van der Waals surface area contributed by atoms with Crippen molar-refractivity contribution < 1.29 is 28.8 Å². The van der Waals surface area contributed by atoms with Crippen LogP contribution in [-0.4, -0.2) is 40.1 Å². The summed E-state index contributed by atoms with van der Waals surface area (Å²) in [5.74, 6) is -0.162. The number of hydrogen-bond donors (Lipinski definition) is 1. The van der Waals surface area contributed by atoms with Gasteiger partial charge in [0, 0.05) is 17.3 Å². The lowest BCUT2D eigenvalue weighted by Gasteiger charge is -2.13. The van der Waals surface area contributed by atoms with Gasteiger partial charge in [-0.15, -0.1) is 0 Å². The van der Waals surface area contributed by atoms with Crippen LogP contribution in [0.2, 0.25) is 0 Å². The molecule has 1 fully saturated rings. The molecule has 0 aliphatic carbocycles. The van der Waals surface area contributed by atoms with Crippen LogP contribution in [0.5, 0.6) is 11.5 Å². The fourth-order valence-electron chi connectivity index (χ4n) is 3.94. The molecule has 11 heteroatoms. The average molecular weight is 562 g/mol. The van der Waals surface area contributed by atoms with E-state index < -0.39 is 16.1 Å². The van der Waals surface area contributed by atoms with Crippen molar-refractivity contribution >= 4 is 46.3 Å². The van der Waals surface area contributed by atoms with E-state index >= 15 is 0 Å². The van der Waals surface area contributed by atoms with E-state index in [2.05, 4.69) is 5.32 Å². The number of thioether (sulfide) groups is 1. The molecule has 1 aliphatic heterocycles. The Labute approximate surface area is 235 Å². The highest BCUT2D eigenvalue weighted by atomic mass is 32.2. The molecule has 0 bridgehead atoms. The highest BCUT2D eigenvalue weighted by Crippen LogP contribution is 2.36. The van der Waals surface area contributed by atoms with Crippen LogP contribution in [0.4, 0.5) is 16.2 Å². The molecule has 40 heavy (non-hydrogen) atoms. The summed E-state index contributed by atoms with van der Waals surface area (Å²) in [5, 5.41) is 13.6. The monoisotopic (exact) mass is 561 g/mol. The van der Waals surface area contributed by atoms with Crippen molar-refractivity contribution in [3.63, 3.8) is 0 Å². The molecule has 0 radical (unpaired) electrons. The predicted molar refractivity (Wildman–Crippen MR) is 152 cm³/mol. The third-order valence-electron chi connectivity index (χ3n) is 6.11. The summed E-state index contributed by atoms with van der Waals surface area (Å²) in [6, 6.07) is 16.6. The molecule has 0 saturated carbocycles. The number of imide groups is 1. The maximum Gasteiger partial charge on any atom is 0.293 e. The first-order valence-electron chi connectivity index (χ1n) is 12.4. The van der Waals surface area contributed by atoms with Gasteiger partial charge in [0.2, 0.25) is 0 Å². The molecule has 3 aromatic rings. The van der Waals surface area contributed by atoms with Gasteiger partial charge in [0.05, 0.1) is 23.0 Å². The average Bonchev–Trinajstić information content (AvgIpc) is 3.18. The number of aryl methyl sites for hydroxylation is 2. The highest BCUT2D eigenvalue weighted by Gasteiger charge is 2.36. The number of para-hydroxylation sites is 1. The van der Waals surface area contributed by atoms with E-state index in [-0.39, 0.29) is 35.2 Å². The van der Waals surface area contributed by atoms with Gasteiger partial charge >= 0.3 is 0 Å². The molecule has 1 heterocycles. The first-order chi connectivity index (χ1) is 19.2. The van der Waals surface area contributed by atoms with Gasteiger partial charge in [0.25, 0.3) is 22.7 Å². The van der Waals surface area contributed by atoms with Crippen LogP contribution in [0.1, 0.15) is 29.2 Å². The van der Waals surface area contributed by atoms with E-state index in [4.69, 9.17) is 9.47 Å². The lowest BCUT2D eigenvalue weighted by atomic mass is 10.1. The third kappa shape index (κ3) is 6.67. The van der Waals surface area contributed by atoms with Gasteiger partial charge < -0.3 is 14.8 Å². The van der Waals surface area contributed by atoms with Crippen molar-refractivity contribution in [2.45, 2.75) is 27.3 Å². The van der Waals surface area contributed by atoms with E-state index in [0.29, 0.717) is 29.4 Å². The minimum atomic E-state index is -0.547. The van der Waals surface area contributed by atoms with Crippen molar-refractivity contribution in [1.29, 1.82) is 0 Å². The second kappa shape index (κ2) is 12.5. The maximum absolute atomic E-state index is 13.0. The Morgan fingerprint density at radius 2 is 1.80 bits per heavy atom. The summed E-state index contributed by atoms with van der Waals surface area (Å²) in [6.07, 6.45) is 1.54. The molecular formula is C29H27N3O7S. The number of benzene rings is 3. The molecule has 0 atom stereocenters. The second-order valence-electron chi connectivity index (χ2n) is 8.93. The van der Waals surface area contributed by atoms with Gasteiger partial charge in [-0.05, 0) is 79.6 Å². The number of anilines is 1. The number of nitrogens with one attached hydrogen (secondary N) is 1. The van der Waals surface area contributed by atoms with Gasteiger partial charge in [-0.25, -0.2) is 0 Å². The Bertz CT molecular complexity index is 1520. The number of hydrogen-bond acceptors (Lipinski definition) is 8. The highest BCUT2D eigenvalue weighted by molar-refractivity contribution is 8.18. The van der Waals surface area contributed by atoms with E-state index in [0.717, 1.165) is 27.8 Å². The van der Waals surface area contributed by atoms with Gasteiger partial charge in [-0.1, -0.05) is 30.3 Å². The summed E-state index contributed by atoms with van der Waals surface area (Å²) in [5.41, 5.74) is 3.54. The Hall–Kier alpha value is -4.64. The van der Waals surface area contributed by atoms with Gasteiger partial charge in [0.15, 0.2) is 18.1 Å². The summed E-state index contributed by atoms with van der Waals surface area (Å²) in [4.78, 5) is 49.9. The van der Waals surface area contributed by atoms with Crippen LogP contribution >= 0.6 is 11.8 Å². The van der Waals surface area contributed by atoms with Crippen LogP contribution in [-0.2, 0) is 16.1 Å². The standard InChI is InChI=1S/C29H27N3O7S/c1-4-38-25-14-20(10-12-24(25)39-17-27(33)30-22-11-9-18(2)19(3)13-22)15-26-28(34)31(29(35)40-26)16-21-7-5-6-8-23(21)32(36)37/h5-15H,4,16-17H2,1-3H3,(H,30,33)/b26-15+. The minimum absolute atomic E-state index is 0.162. The Kier molecular flexibility index (Phi) is 8.85. The predicted octanol–water partition coefficient (Wildman–Crippen LogP) is 5.86. The molecule has 0 unspecified atom stereocenters. The largest absolute Gasteiger partial charge is 0.490 e. The number of nitro groups is 1.